The Hall–Kier alpha value is -2.87. The van der Waals surface area contributed by atoms with E-state index in [4.69, 9.17) is 5.73 Å². The lowest BCUT2D eigenvalue weighted by Gasteiger charge is -2.32. The summed E-state index contributed by atoms with van der Waals surface area (Å²) in [5.41, 5.74) is 8.63. The van der Waals surface area contributed by atoms with E-state index < -0.39 is 0 Å². The van der Waals surface area contributed by atoms with Gasteiger partial charge < -0.3 is 10.6 Å². The van der Waals surface area contributed by atoms with Crippen molar-refractivity contribution in [3.05, 3.63) is 58.2 Å². The van der Waals surface area contributed by atoms with Gasteiger partial charge in [-0.3, -0.25) is 4.79 Å². The van der Waals surface area contributed by atoms with Crippen molar-refractivity contribution in [2.75, 3.05) is 23.7 Å². The van der Waals surface area contributed by atoms with E-state index in [0.717, 1.165) is 47.9 Å². The molecule has 150 valence electrons. The average Bonchev–Trinajstić information content (AvgIpc) is 3.15. The summed E-state index contributed by atoms with van der Waals surface area (Å²) in [6.45, 7) is 3.79. The summed E-state index contributed by atoms with van der Waals surface area (Å²) in [7, 11) is 0. The van der Waals surface area contributed by atoms with E-state index >= 15 is 0 Å². The van der Waals surface area contributed by atoms with E-state index in [2.05, 4.69) is 25.3 Å². The first kappa shape index (κ1) is 19.4. The smallest absolute Gasteiger partial charge is 0.203 e. The molecular formula is C21H24N6OS. The number of ketones is 1. The van der Waals surface area contributed by atoms with Gasteiger partial charge in [-0.15, -0.1) is 15.3 Å². The highest BCUT2D eigenvalue weighted by Gasteiger charge is 2.25. The van der Waals surface area contributed by atoms with Gasteiger partial charge in [-0.1, -0.05) is 41.2 Å². The number of hydrogen-bond acceptors (Lipinski definition) is 8. The second-order valence-corrected chi connectivity index (χ2v) is 8.57. The molecule has 1 aromatic carbocycles. The first-order valence-electron chi connectivity index (χ1n) is 9.80. The molecule has 0 bridgehead atoms. The van der Waals surface area contributed by atoms with Gasteiger partial charge >= 0.3 is 0 Å². The Morgan fingerprint density at radius 2 is 2.07 bits per heavy atom. The predicted molar refractivity (Wildman–Crippen MR) is 114 cm³/mol. The Morgan fingerprint density at radius 1 is 1.17 bits per heavy atom. The van der Waals surface area contributed by atoms with Crippen LogP contribution in [-0.4, -0.2) is 39.3 Å². The highest BCUT2D eigenvalue weighted by molar-refractivity contribution is 7.15. The minimum absolute atomic E-state index is 0.143. The highest BCUT2D eigenvalue weighted by Crippen LogP contribution is 2.31. The number of piperidine rings is 1. The molecule has 4 rings (SSSR count). The van der Waals surface area contributed by atoms with Gasteiger partial charge in [-0.05, 0) is 37.5 Å². The van der Waals surface area contributed by atoms with Crippen LogP contribution in [0.25, 0.3) is 0 Å². The van der Waals surface area contributed by atoms with Gasteiger partial charge in [0, 0.05) is 25.4 Å². The van der Waals surface area contributed by atoms with E-state index in [9.17, 15) is 4.79 Å². The number of nitrogen functional groups attached to an aromatic ring is 1. The fraction of sp³-hybridized carbons (Fsp3) is 0.381. The van der Waals surface area contributed by atoms with Crippen LogP contribution in [0.2, 0.25) is 0 Å². The molecule has 0 saturated carbocycles. The summed E-state index contributed by atoms with van der Waals surface area (Å²) in [5, 5.41) is 18.3. The molecule has 0 spiro atoms. The lowest BCUT2D eigenvalue weighted by Crippen LogP contribution is -2.35. The molecule has 3 aromatic rings. The van der Waals surface area contributed by atoms with Gasteiger partial charge in [0.1, 0.15) is 10.8 Å². The zero-order valence-corrected chi connectivity index (χ0v) is 17.2. The Morgan fingerprint density at radius 3 is 2.79 bits per heavy atom. The number of aryl methyl sites for hydroxylation is 1. The SMILES string of the molecule is Cc1cccc(CC(=O)Cc2ccc(N3CCCC(c4nnc(N)s4)C3)nn2)c1. The maximum Gasteiger partial charge on any atom is 0.203 e. The van der Waals surface area contributed by atoms with Crippen molar-refractivity contribution < 1.29 is 4.79 Å². The number of carbonyl (C=O) groups is 1. The third kappa shape index (κ3) is 4.95. The number of anilines is 2. The topological polar surface area (TPSA) is 97.9 Å². The van der Waals surface area contributed by atoms with Crippen molar-refractivity contribution in [2.45, 2.75) is 38.5 Å². The molecule has 2 N–H and O–H groups in total. The predicted octanol–water partition coefficient (Wildman–Crippen LogP) is 2.96. The van der Waals surface area contributed by atoms with Crippen LogP contribution >= 0.6 is 11.3 Å². The Bertz CT molecular complexity index is 987. The largest absolute Gasteiger partial charge is 0.374 e. The number of rotatable bonds is 6. The van der Waals surface area contributed by atoms with E-state index in [0.29, 0.717) is 29.6 Å². The van der Waals surface area contributed by atoms with E-state index in [1.807, 2.05) is 43.3 Å². The molecule has 2 aromatic heterocycles. The van der Waals surface area contributed by atoms with Gasteiger partial charge in [0.25, 0.3) is 0 Å². The van der Waals surface area contributed by atoms with Crippen molar-refractivity contribution in [1.29, 1.82) is 0 Å². The maximum absolute atomic E-state index is 12.4. The number of carbonyl (C=O) groups excluding carboxylic acids is 1. The lowest BCUT2D eigenvalue weighted by atomic mass is 9.99. The van der Waals surface area contributed by atoms with Gasteiger partial charge in [0.15, 0.2) is 5.82 Å². The van der Waals surface area contributed by atoms with Crippen molar-refractivity contribution in [3.8, 4) is 0 Å². The second kappa shape index (κ2) is 8.65. The lowest BCUT2D eigenvalue weighted by molar-refractivity contribution is -0.117. The van der Waals surface area contributed by atoms with Crippen LogP contribution in [0.4, 0.5) is 10.9 Å². The normalized spacial score (nSPS) is 16.7. The van der Waals surface area contributed by atoms with Gasteiger partial charge in [-0.2, -0.15) is 5.10 Å². The third-order valence-corrected chi connectivity index (χ3v) is 6.03. The first-order chi connectivity index (χ1) is 14.1. The Labute approximate surface area is 174 Å². The number of nitrogens with zero attached hydrogens (tertiary/aromatic N) is 5. The molecule has 1 aliphatic rings. The molecule has 0 amide bonds. The van der Waals surface area contributed by atoms with Crippen LogP contribution < -0.4 is 10.6 Å². The van der Waals surface area contributed by atoms with Crippen LogP contribution in [0.5, 0.6) is 0 Å². The molecular weight excluding hydrogens is 384 g/mol. The van der Waals surface area contributed by atoms with Gasteiger partial charge in [0.2, 0.25) is 5.13 Å². The zero-order chi connectivity index (χ0) is 20.2. The van der Waals surface area contributed by atoms with Crippen molar-refractivity contribution in [3.63, 3.8) is 0 Å². The quantitative estimate of drug-likeness (QED) is 0.669. The number of nitrogens with two attached hydrogens (primary N) is 1. The molecule has 7 nitrogen and oxygen atoms in total. The Balaban J connectivity index is 1.36. The van der Waals surface area contributed by atoms with Crippen LogP contribution in [-0.2, 0) is 17.6 Å². The number of benzene rings is 1. The van der Waals surface area contributed by atoms with E-state index in [1.54, 1.807) is 0 Å². The molecule has 1 unspecified atom stereocenters. The molecule has 1 atom stereocenters. The molecule has 1 fully saturated rings. The first-order valence-corrected chi connectivity index (χ1v) is 10.6. The average molecular weight is 409 g/mol. The molecule has 1 aliphatic heterocycles. The second-order valence-electron chi connectivity index (χ2n) is 7.53. The molecule has 0 radical (unpaired) electrons. The summed E-state index contributed by atoms with van der Waals surface area (Å²) >= 11 is 1.46. The van der Waals surface area contributed by atoms with E-state index in [-0.39, 0.29) is 5.78 Å². The monoisotopic (exact) mass is 408 g/mol. The summed E-state index contributed by atoms with van der Waals surface area (Å²) < 4.78 is 0. The highest BCUT2D eigenvalue weighted by atomic mass is 32.1. The zero-order valence-electron chi connectivity index (χ0n) is 16.4. The van der Waals surface area contributed by atoms with Crippen LogP contribution in [0.1, 0.15) is 40.6 Å². The molecule has 3 heterocycles. The summed E-state index contributed by atoms with van der Waals surface area (Å²) in [4.78, 5) is 14.6. The summed E-state index contributed by atoms with van der Waals surface area (Å²) in [6, 6.07) is 11.9. The van der Waals surface area contributed by atoms with Crippen molar-refractivity contribution in [1.82, 2.24) is 20.4 Å². The number of Topliss-reactive ketones (excluding diaryl/α,β-unsaturated/α-hetero) is 1. The van der Waals surface area contributed by atoms with E-state index in [1.165, 1.54) is 11.3 Å². The van der Waals surface area contributed by atoms with Crippen LogP contribution in [0.3, 0.4) is 0 Å². The van der Waals surface area contributed by atoms with Crippen molar-refractivity contribution in [2.24, 2.45) is 0 Å². The fourth-order valence-corrected chi connectivity index (χ4v) is 4.47. The number of aromatic nitrogens is 4. The minimum atomic E-state index is 0.143. The van der Waals surface area contributed by atoms with Crippen LogP contribution in [0.15, 0.2) is 36.4 Å². The third-order valence-electron chi connectivity index (χ3n) is 5.12. The maximum atomic E-state index is 12.4. The summed E-state index contributed by atoms with van der Waals surface area (Å²) in [6.07, 6.45) is 2.85. The fourth-order valence-electron chi connectivity index (χ4n) is 3.73. The molecule has 8 heteroatoms. The van der Waals surface area contributed by atoms with Crippen LogP contribution in [0, 0.1) is 6.92 Å². The number of hydrogen-bond donors (Lipinski definition) is 1. The summed E-state index contributed by atoms with van der Waals surface area (Å²) in [5.74, 6) is 1.29. The standard InChI is InChI=1S/C21H24N6OS/c1-14-4-2-5-15(10-14)11-18(28)12-17-7-8-19(24-23-17)27-9-3-6-16(13-27)20-25-26-21(22)29-20/h2,4-5,7-8,10,16H,3,6,9,11-13H2,1H3,(H2,22,26). The van der Waals surface area contributed by atoms with Gasteiger partial charge in [-0.25, -0.2) is 0 Å². The van der Waals surface area contributed by atoms with Gasteiger partial charge in [0.05, 0.1) is 12.1 Å². The molecule has 1 saturated heterocycles. The minimum Gasteiger partial charge on any atom is -0.374 e. The Kier molecular flexibility index (Phi) is 5.80. The van der Waals surface area contributed by atoms with Crippen molar-refractivity contribution >= 4 is 28.1 Å². The molecule has 29 heavy (non-hydrogen) atoms. The molecule has 0 aliphatic carbocycles.